The van der Waals surface area contributed by atoms with E-state index in [0.29, 0.717) is 6.42 Å². The van der Waals surface area contributed by atoms with Crippen LogP contribution in [0.5, 0.6) is 11.5 Å². The van der Waals surface area contributed by atoms with E-state index in [1.54, 1.807) is 6.92 Å². The maximum atomic E-state index is 12.8. The summed E-state index contributed by atoms with van der Waals surface area (Å²) in [5.41, 5.74) is 4.06. The van der Waals surface area contributed by atoms with Crippen molar-refractivity contribution in [2.45, 2.75) is 65.7 Å². The van der Waals surface area contributed by atoms with E-state index in [1.807, 2.05) is 58.9 Å². The van der Waals surface area contributed by atoms with Crippen molar-refractivity contribution in [1.29, 1.82) is 0 Å². The van der Waals surface area contributed by atoms with Gasteiger partial charge in [-0.1, -0.05) is 18.2 Å². The van der Waals surface area contributed by atoms with Crippen LogP contribution in [0, 0.1) is 20.8 Å². The number of carbonyl (C=O) groups excluding carboxylic acids is 1. The molecule has 1 heterocycles. The number of hydrogen-bond acceptors (Lipinski definition) is 3. The minimum Gasteiger partial charge on any atom is -0.487 e. The Morgan fingerprint density at radius 2 is 1.78 bits per heavy atom. The molecular formula is C23H29NO3. The lowest BCUT2D eigenvalue weighted by atomic mass is 9.89. The number of carbonyl (C=O) groups is 1. The van der Waals surface area contributed by atoms with Gasteiger partial charge in [0.25, 0.3) is 5.91 Å². The number of benzene rings is 2. The molecule has 4 nitrogen and oxygen atoms in total. The summed E-state index contributed by atoms with van der Waals surface area (Å²) < 4.78 is 12.0. The molecule has 4 heteroatoms. The van der Waals surface area contributed by atoms with Crippen molar-refractivity contribution in [1.82, 2.24) is 5.32 Å². The SMILES string of the molecule is Cc1cc(C)cc(O[C@H](C)C(=O)N[C@@H]2CC(C)(C)Oc3cc(C)ccc32)c1. The molecule has 0 aliphatic carbocycles. The van der Waals surface area contributed by atoms with E-state index in [2.05, 4.69) is 17.4 Å². The molecule has 1 aliphatic rings. The first-order valence-electron chi connectivity index (χ1n) is 9.48. The molecule has 0 saturated heterocycles. The number of hydrogen-bond donors (Lipinski definition) is 1. The number of amides is 1. The van der Waals surface area contributed by atoms with Crippen LogP contribution in [0.3, 0.4) is 0 Å². The van der Waals surface area contributed by atoms with Crippen molar-refractivity contribution in [3.8, 4) is 11.5 Å². The second-order valence-corrected chi connectivity index (χ2v) is 8.25. The molecule has 0 spiro atoms. The predicted octanol–water partition coefficient (Wildman–Crippen LogP) is 4.80. The molecule has 1 aliphatic heterocycles. The fourth-order valence-electron chi connectivity index (χ4n) is 3.64. The molecule has 0 bridgehead atoms. The molecule has 1 amide bonds. The quantitative estimate of drug-likeness (QED) is 0.844. The highest BCUT2D eigenvalue weighted by atomic mass is 16.5. The lowest BCUT2D eigenvalue weighted by Gasteiger charge is -2.38. The smallest absolute Gasteiger partial charge is 0.261 e. The van der Waals surface area contributed by atoms with Gasteiger partial charge in [-0.25, -0.2) is 0 Å². The van der Waals surface area contributed by atoms with Crippen LogP contribution in [0.1, 0.15) is 55.5 Å². The zero-order chi connectivity index (χ0) is 19.8. The third-order valence-corrected chi connectivity index (χ3v) is 4.82. The highest BCUT2D eigenvalue weighted by Gasteiger charge is 2.35. The Bertz CT molecular complexity index is 836. The average molecular weight is 367 g/mol. The number of ether oxygens (including phenoxy) is 2. The maximum Gasteiger partial charge on any atom is 0.261 e. The number of aryl methyl sites for hydroxylation is 3. The van der Waals surface area contributed by atoms with E-state index < -0.39 is 6.10 Å². The van der Waals surface area contributed by atoms with Crippen LogP contribution in [0.25, 0.3) is 0 Å². The Morgan fingerprint density at radius 3 is 2.44 bits per heavy atom. The van der Waals surface area contributed by atoms with Gasteiger partial charge in [-0.3, -0.25) is 4.79 Å². The number of nitrogens with one attached hydrogen (secondary N) is 1. The minimum atomic E-state index is -0.578. The maximum absolute atomic E-state index is 12.8. The lowest BCUT2D eigenvalue weighted by Crippen LogP contribution is -2.44. The van der Waals surface area contributed by atoms with Gasteiger partial charge < -0.3 is 14.8 Å². The molecule has 0 unspecified atom stereocenters. The highest BCUT2D eigenvalue weighted by Crippen LogP contribution is 2.40. The predicted molar refractivity (Wildman–Crippen MR) is 107 cm³/mol. The van der Waals surface area contributed by atoms with E-state index >= 15 is 0 Å². The fraction of sp³-hybridized carbons (Fsp3) is 0.435. The zero-order valence-electron chi connectivity index (χ0n) is 17.1. The van der Waals surface area contributed by atoms with Crippen LogP contribution in [-0.2, 0) is 4.79 Å². The van der Waals surface area contributed by atoms with Crippen LogP contribution < -0.4 is 14.8 Å². The molecule has 0 radical (unpaired) electrons. The second-order valence-electron chi connectivity index (χ2n) is 8.25. The van der Waals surface area contributed by atoms with Crippen LogP contribution in [0.15, 0.2) is 36.4 Å². The largest absolute Gasteiger partial charge is 0.487 e. The van der Waals surface area contributed by atoms with E-state index in [0.717, 1.165) is 33.8 Å². The van der Waals surface area contributed by atoms with Crippen molar-refractivity contribution in [3.05, 3.63) is 58.7 Å². The molecule has 2 atom stereocenters. The Morgan fingerprint density at radius 1 is 1.11 bits per heavy atom. The summed E-state index contributed by atoms with van der Waals surface area (Å²) >= 11 is 0. The monoisotopic (exact) mass is 367 g/mol. The number of rotatable bonds is 4. The van der Waals surface area contributed by atoms with E-state index in [4.69, 9.17) is 9.47 Å². The summed E-state index contributed by atoms with van der Waals surface area (Å²) in [5.74, 6) is 1.45. The van der Waals surface area contributed by atoms with Gasteiger partial charge in [0.05, 0.1) is 6.04 Å². The van der Waals surface area contributed by atoms with Crippen LogP contribution in [0.2, 0.25) is 0 Å². The Hall–Kier alpha value is -2.49. The van der Waals surface area contributed by atoms with Crippen molar-refractivity contribution >= 4 is 5.91 Å². The molecule has 3 rings (SSSR count). The first kappa shape index (κ1) is 19.3. The van der Waals surface area contributed by atoms with Gasteiger partial charge in [-0.05, 0) is 76.4 Å². The van der Waals surface area contributed by atoms with Crippen molar-refractivity contribution in [3.63, 3.8) is 0 Å². The standard InChI is InChI=1S/C23H29NO3/c1-14-7-8-19-20(13-23(5,6)27-21(19)12-14)24-22(25)17(4)26-18-10-15(2)9-16(3)11-18/h7-12,17,20H,13H2,1-6H3,(H,24,25)/t17-,20-/m1/s1. The van der Waals surface area contributed by atoms with Crippen molar-refractivity contribution in [2.75, 3.05) is 0 Å². The summed E-state index contributed by atoms with van der Waals surface area (Å²) in [6.07, 6.45) is 0.136. The third-order valence-electron chi connectivity index (χ3n) is 4.82. The van der Waals surface area contributed by atoms with E-state index in [-0.39, 0.29) is 17.6 Å². The molecule has 1 N–H and O–H groups in total. The lowest BCUT2D eigenvalue weighted by molar-refractivity contribution is -0.128. The minimum absolute atomic E-state index is 0.0952. The molecular weight excluding hydrogens is 338 g/mol. The first-order valence-corrected chi connectivity index (χ1v) is 9.48. The zero-order valence-corrected chi connectivity index (χ0v) is 17.1. The van der Waals surface area contributed by atoms with Crippen LogP contribution in [-0.4, -0.2) is 17.6 Å². The summed E-state index contributed by atoms with van der Waals surface area (Å²) in [5, 5.41) is 3.16. The molecule has 0 fully saturated rings. The van der Waals surface area contributed by atoms with E-state index in [9.17, 15) is 4.79 Å². The van der Waals surface area contributed by atoms with Gasteiger partial charge in [0.1, 0.15) is 17.1 Å². The normalized spacial score (nSPS) is 18.8. The Kier molecular flexibility index (Phi) is 5.18. The topological polar surface area (TPSA) is 47.6 Å². The molecule has 0 aromatic heterocycles. The Balaban J connectivity index is 1.75. The summed E-state index contributed by atoms with van der Waals surface area (Å²) in [6, 6.07) is 12.0. The molecule has 0 saturated carbocycles. The van der Waals surface area contributed by atoms with E-state index in [1.165, 1.54) is 0 Å². The summed E-state index contributed by atoms with van der Waals surface area (Å²) in [7, 11) is 0. The van der Waals surface area contributed by atoms with Gasteiger partial charge >= 0.3 is 0 Å². The van der Waals surface area contributed by atoms with Gasteiger partial charge in [0.15, 0.2) is 6.10 Å². The van der Waals surface area contributed by atoms with Gasteiger partial charge in [0, 0.05) is 12.0 Å². The van der Waals surface area contributed by atoms with Gasteiger partial charge in [0.2, 0.25) is 0 Å². The van der Waals surface area contributed by atoms with Crippen molar-refractivity contribution < 1.29 is 14.3 Å². The third kappa shape index (κ3) is 4.62. The molecule has 2 aromatic rings. The Labute approximate surface area is 161 Å². The highest BCUT2D eigenvalue weighted by molar-refractivity contribution is 5.81. The average Bonchev–Trinajstić information content (AvgIpc) is 2.52. The summed E-state index contributed by atoms with van der Waals surface area (Å²) in [4.78, 5) is 12.8. The van der Waals surface area contributed by atoms with Gasteiger partial charge in [-0.2, -0.15) is 0 Å². The van der Waals surface area contributed by atoms with Gasteiger partial charge in [-0.15, -0.1) is 0 Å². The summed E-state index contributed by atoms with van der Waals surface area (Å²) in [6.45, 7) is 12.0. The molecule has 144 valence electrons. The molecule has 27 heavy (non-hydrogen) atoms. The fourth-order valence-corrected chi connectivity index (χ4v) is 3.64. The molecule has 2 aromatic carbocycles. The van der Waals surface area contributed by atoms with Crippen LogP contribution in [0.4, 0.5) is 0 Å². The first-order chi connectivity index (χ1) is 12.6. The van der Waals surface area contributed by atoms with Crippen molar-refractivity contribution in [2.24, 2.45) is 0 Å². The number of fused-ring (bicyclic) bond motifs is 1. The van der Waals surface area contributed by atoms with Crippen LogP contribution >= 0.6 is 0 Å². The second kappa shape index (κ2) is 7.26.